The van der Waals surface area contributed by atoms with Crippen molar-refractivity contribution in [1.29, 1.82) is 0 Å². The lowest BCUT2D eigenvalue weighted by Gasteiger charge is -2.35. The van der Waals surface area contributed by atoms with E-state index >= 15 is 0 Å². The van der Waals surface area contributed by atoms with E-state index in [9.17, 15) is 9.18 Å². The molecule has 0 atom stereocenters. The van der Waals surface area contributed by atoms with Crippen molar-refractivity contribution < 1.29 is 9.18 Å². The second kappa shape index (κ2) is 8.86. The van der Waals surface area contributed by atoms with Crippen molar-refractivity contribution in [3.8, 4) is 17.1 Å². The van der Waals surface area contributed by atoms with Crippen LogP contribution in [0.2, 0.25) is 0 Å². The smallest absolute Gasteiger partial charge is 0.293 e. The average molecular weight is 442 g/mol. The molecule has 2 heterocycles. The van der Waals surface area contributed by atoms with Crippen LogP contribution in [0.5, 0.6) is 0 Å². The number of amides is 1. The van der Waals surface area contributed by atoms with E-state index in [1.807, 2.05) is 61.5 Å². The van der Waals surface area contributed by atoms with Gasteiger partial charge in [-0.25, -0.2) is 14.1 Å². The Hall–Kier alpha value is -4.00. The first kappa shape index (κ1) is 20.9. The highest BCUT2D eigenvalue weighted by atomic mass is 19.1. The molecule has 1 amide bonds. The summed E-state index contributed by atoms with van der Waals surface area (Å²) in [7, 11) is 0. The van der Waals surface area contributed by atoms with Crippen LogP contribution in [0, 0.1) is 12.7 Å². The third kappa shape index (κ3) is 4.35. The monoisotopic (exact) mass is 441 g/mol. The summed E-state index contributed by atoms with van der Waals surface area (Å²) in [4.78, 5) is 21.9. The molecule has 1 fully saturated rings. The number of aromatic nitrogens is 3. The molecule has 3 aromatic carbocycles. The number of hydrogen-bond acceptors (Lipinski definition) is 4. The van der Waals surface area contributed by atoms with E-state index in [0.717, 1.165) is 22.5 Å². The molecule has 0 spiro atoms. The Labute approximate surface area is 191 Å². The summed E-state index contributed by atoms with van der Waals surface area (Å²) in [5.41, 5.74) is 3.85. The third-order valence-electron chi connectivity index (χ3n) is 5.87. The largest absolute Gasteiger partial charge is 0.368 e. The number of hydrogen-bond donors (Lipinski definition) is 0. The van der Waals surface area contributed by atoms with Gasteiger partial charge in [-0.3, -0.25) is 4.79 Å². The summed E-state index contributed by atoms with van der Waals surface area (Å²) in [6, 6.07) is 24.2. The predicted molar refractivity (Wildman–Crippen MR) is 126 cm³/mol. The molecule has 1 saturated heterocycles. The maximum atomic E-state index is 13.3. The van der Waals surface area contributed by atoms with Crippen molar-refractivity contribution in [3.63, 3.8) is 0 Å². The maximum Gasteiger partial charge on any atom is 0.293 e. The highest BCUT2D eigenvalue weighted by molar-refractivity contribution is 5.91. The van der Waals surface area contributed by atoms with E-state index in [1.165, 1.54) is 12.1 Å². The molecule has 0 saturated carbocycles. The van der Waals surface area contributed by atoms with Crippen LogP contribution in [0.4, 0.5) is 10.1 Å². The van der Waals surface area contributed by atoms with Gasteiger partial charge in [0.2, 0.25) is 5.82 Å². The van der Waals surface area contributed by atoms with Crippen LogP contribution in [0.15, 0.2) is 78.9 Å². The highest BCUT2D eigenvalue weighted by Crippen LogP contribution is 2.23. The summed E-state index contributed by atoms with van der Waals surface area (Å²) in [5.74, 6) is 0.381. The van der Waals surface area contributed by atoms with E-state index in [4.69, 9.17) is 0 Å². The Morgan fingerprint density at radius 3 is 2.12 bits per heavy atom. The Morgan fingerprint density at radius 2 is 1.45 bits per heavy atom. The normalized spacial score (nSPS) is 13.9. The molecule has 7 heteroatoms. The van der Waals surface area contributed by atoms with Crippen LogP contribution in [0.1, 0.15) is 16.2 Å². The van der Waals surface area contributed by atoms with Gasteiger partial charge in [-0.2, -0.15) is 0 Å². The minimum absolute atomic E-state index is 0.184. The molecule has 1 aliphatic rings. The summed E-state index contributed by atoms with van der Waals surface area (Å²) in [5, 5.41) is 4.61. The maximum absolute atomic E-state index is 13.3. The van der Waals surface area contributed by atoms with Gasteiger partial charge in [0, 0.05) is 37.4 Å². The van der Waals surface area contributed by atoms with Gasteiger partial charge in [-0.15, -0.1) is 5.10 Å². The zero-order valence-corrected chi connectivity index (χ0v) is 18.4. The highest BCUT2D eigenvalue weighted by Gasteiger charge is 2.27. The fourth-order valence-electron chi connectivity index (χ4n) is 4.00. The van der Waals surface area contributed by atoms with E-state index in [2.05, 4.69) is 15.0 Å². The zero-order chi connectivity index (χ0) is 22.8. The Balaban J connectivity index is 1.39. The van der Waals surface area contributed by atoms with Gasteiger partial charge in [0.15, 0.2) is 5.82 Å². The summed E-state index contributed by atoms with van der Waals surface area (Å²) in [6.45, 7) is 4.47. The molecule has 33 heavy (non-hydrogen) atoms. The number of carbonyl (C=O) groups excluding carboxylic acids is 1. The molecule has 0 bridgehead atoms. The first-order chi connectivity index (χ1) is 16.1. The average Bonchev–Trinajstić information content (AvgIpc) is 3.31. The first-order valence-electron chi connectivity index (χ1n) is 11.0. The number of benzene rings is 3. The molecule has 0 aliphatic carbocycles. The Bertz CT molecular complexity index is 1240. The fourth-order valence-corrected chi connectivity index (χ4v) is 4.00. The second-order valence-corrected chi connectivity index (χ2v) is 8.13. The summed E-state index contributed by atoms with van der Waals surface area (Å²) in [6.07, 6.45) is 0. The third-order valence-corrected chi connectivity index (χ3v) is 5.87. The summed E-state index contributed by atoms with van der Waals surface area (Å²) >= 11 is 0. The molecule has 1 aromatic heterocycles. The number of halogens is 1. The quantitative estimate of drug-likeness (QED) is 0.473. The fraction of sp³-hybridized carbons (Fsp3) is 0.192. The number of rotatable bonds is 4. The van der Waals surface area contributed by atoms with Crippen LogP contribution in [0.3, 0.4) is 0 Å². The lowest BCUT2D eigenvalue weighted by molar-refractivity contribution is 0.0734. The van der Waals surface area contributed by atoms with Crippen LogP contribution < -0.4 is 4.90 Å². The van der Waals surface area contributed by atoms with E-state index in [1.54, 1.807) is 21.7 Å². The predicted octanol–water partition coefficient (Wildman–Crippen LogP) is 4.34. The molecular weight excluding hydrogens is 417 g/mol. The van der Waals surface area contributed by atoms with Crippen molar-refractivity contribution >= 4 is 11.6 Å². The van der Waals surface area contributed by atoms with Crippen molar-refractivity contribution in [3.05, 3.63) is 96.1 Å². The number of nitrogens with zero attached hydrogens (tertiary/aromatic N) is 5. The van der Waals surface area contributed by atoms with Gasteiger partial charge in [0.1, 0.15) is 5.82 Å². The van der Waals surface area contributed by atoms with E-state index in [0.29, 0.717) is 32.0 Å². The Kier molecular flexibility index (Phi) is 5.60. The van der Waals surface area contributed by atoms with Crippen LogP contribution in [-0.4, -0.2) is 51.8 Å². The molecule has 0 unspecified atom stereocenters. The number of piperazine rings is 1. The van der Waals surface area contributed by atoms with Crippen LogP contribution in [0.25, 0.3) is 17.1 Å². The van der Waals surface area contributed by atoms with Crippen LogP contribution in [-0.2, 0) is 0 Å². The van der Waals surface area contributed by atoms with Gasteiger partial charge in [0.25, 0.3) is 5.91 Å². The van der Waals surface area contributed by atoms with Gasteiger partial charge < -0.3 is 9.80 Å². The zero-order valence-electron chi connectivity index (χ0n) is 18.4. The molecule has 1 aliphatic heterocycles. The number of carbonyl (C=O) groups is 1. The molecule has 5 rings (SSSR count). The molecule has 4 aromatic rings. The standard InChI is InChI=1S/C26H24FN5O/c1-19-7-11-23(12-8-19)32-25(20-5-3-2-4-6-20)28-24(29-32)26(33)31-17-15-30(16-18-31)22-13-9-21(27)10-14-22/h2-14H,15-18H2,1H3. The van der Waals surface area contributed by atoms with E-state index < -0.39 is 0 Å². The van der Waals surface area contributed by atoms with Crippen LogP contribution >= 0.6 is 0 Å². The topological polar surface area (TPSA) is 54.3 Å². The lowest BCUT2D eigenvalue weighted by Crippen LogP contribution is -2.49. The van der Waals surface area contributed by atoms with E-state index in [-0.39, 0.29) is 17.5 Å². The van der Waals surface area contributed by atoms with Crippen molar-refractivity contribution in [2.45, 2.75) is 6.92 Å². The molecular formula is C26H24FN5O. The SMILES string of the molecule is Cc1ccc(-n2nc(C(=O)N3CCN(c4ccc(F)cc4)CC3)nc2-c2ccccc2)cc1. The van der Waals surface area contributed by atoms with Gasteiger partial charge in [0.05, 0.1) is 5.69 Å². The van der Waals surface area contributed by atoms with Crippen molar-refractivity contribution in [1.82, 2.24) is 19.7 Å². The Morgan fingerprint density at radius 1 is 0.818 bits per heavy atom. The number of aryl methyl sites for hydroxylation is 1. The first-order valence-corrected chi connectivity index (χ1v) is 11.0. The molecule has 0 radical (unpaired) electrons. The summed E-state index contributed by atoms with van der Waals surface area (Å²) < 4.78 is 15.0. The second-order valence-electron chi connectivity index (χ2n) is 8.13. The molecule has 166 valence electrons. The minimum atomic E-state index is -0.253. The van der Waals surface area contributed by atoms with Crippen molar-refractivity contribution in [2.24, 2.45) is 0 Å². The molecule has 0 N–H and O–H groups in total. The minimum Gasteiger partial charge on any atom is -0.368 e. The lowest BCUT2D eigenvalue weighted by atomic mass is 10.2. The number of anilines is 1. The van der Waals surface area contributed by atoms with Gasteiger partial charge >= 0.3 is 0 Å². The van der Waals surface area contributed by atoms with Gasteiger partial charge in [-0.05, 0) is 43.3 Å². The molecule has 6 nitrogen and oxygen atoms in total. The van der Waals surface area contributed by atoms with Crippen molar-refractivity contribution in [2.75, 3.05) is 31.1 Å². The van der Waals surface area contributed by atoms with Gasteiger partial charge in [-0.1, -0.05) is 48.0 Å².